The van der Waals surface area contributed by atoms with Crippen molar-refractivity contribution in [3.63, 3.8) is 0 Å². The van der Waals surface area contributed by atoms with Gasteiger partial charge in [-0.3, -0.25) is 4.90 Å². The fourth-order valence-corrected chi connectivity index (χ4v) is 5.92. The molecule has 0 amide bonds. The largest absolute Gasteiger partial charge is 0.349 e. The van der Waals surface area contributed by atoms with E-state index in [1.807, 2.05) is 4.90 Å². The highest BCUT2D eigenvalue weighted by molar-refractivity contribution is 7.92. The Morgan fingerprint density at radius 1 is 1.12 bits per heavy atom. The van der Waals surface area contributed by atoms with Crippen molar-refractivity contribution in [2.45, 2.75) is 29.7 Å². The molecular weight excluding hydrogens is 483 g/mol. The minimum atomic E-state index is -3.52. The summed E-state index contributed by atoms with van der Waals surface area (Å²) in [6, 6.07) is 11.9. The van der Waals surface area contributed by atoms with Crippen LogP contribution >= 0.6 is 23.2 Å². The molecule has 1 saturated heterocycles. The van der Waals surface area contributed by atoms with Crippen LogP contribution in [0.1, 0.15) is 18.4 Å². The summed E-state index contributed by atoms with van der Waals surface area (Å²) in [4.78, 5) is 6.57. The number of nitrogens with zero attached hydrogens (tertiary/aromatic N) is 3. The Morgan fingerprint density at radius 3 is 2.42 bits per heavy atom. The maximum atomic E-state index is 13.1. The normalized spacial score (nSPS) is 15.3. The van der Waals surface area contributed by atoms with Gasteiger partial charge in [0, 0.05) is 22.3 Å². The van der Waals surface area contributed by atoms with Crippen LogP contribution in [-0.4, -0.2) is 47.0 Å². The highest BCUT2D eigenvalue weighted by atomic mass is 35.5. The highest BCUT2D eigenvalue weighted by Gasteiger charge is 2.31. The summed E-state index contributed by atoms with van der Waals surface area (Å²) in [5.41, 5.74) is 1.57. The van der Waals surface area contributed by atoms with E-state index < -0.39 is 15.2 Å². The second-order valence-corrected chi connectivity index (χ2v) is 10.6. The molecule has 1 fully saturated rings. The van der Waals surface area contributed by atoms with Crippen molar-refractivity contribution in [1.29, 1.82) is 0 Å². The zero-order valence-corrected chi connectivity index (χ0v) is 20.1. The minimum Gasteiger partial charge on any atom is -0.349 e. The van der Waals surface area contributed by atoms with E-state index in [0.717, 1.165) is 31.5 Å². The smallest absolute Gasteiger partial charge is 0.243 e. The quantitative estimate of drug-likeness (QED) is 0.356. The van der Waals surface area contributed by atoms with Crippen LogP contribution in [0.4, 0.5) is 17.6 Å². The zero-order chi connectivity index (χ0) is 23.4. The Bertz CT molecular complexity index is 1200. The topological polar surface area (TPSA) is 103 Å². The summed E-state index contributed by atoms with van der Waals surface area (Å²) < 4.78 is 26.1. The van der Waals surface area contributed by atoms with E-state index in [0.29, 0.717) is 34.2 Å². The number of nitrogens with one attached hydrogen (secondary N) is 3. The van der Waals surface area contributed by atoms with E-state index >= 15 is 0 Å². The number of anilines is 3. The predicted octanol–water partition coefficient (Wildman–Crippen LogP) is 4.85. The van der Waals surface area contributed by atoms with Crippen LogP contribution in [0.25, 0.3) is 0 Å². The SMILES string of the molecule is C=CC(N1CCCC1)S(=O)(=O)c1ccc(CNc2n[nH]c(Nc3cc(Cl)cc(Cl)c3)n2)cc1. The minimum absolute atomic E-state index is 0.285. The van der Waals surface area contributed by atoms with Crippen molar-refractivity contribution in [2.24, 2.45) is 0 Å². The van der Waals surface area contributed by atoms with Gasteiger partial charge in [0.2, 0.25) is 11.9 Å². The van der Waals surface area contributed by atoms with Gasteiger partial charge in [0.25, 0.3) is 0 Å². The van der Waals surface area contributed by atoms with Gasteiger partial charge in [0.15, 0.2) is 9.84 Å². The Hall–Kier alpha value is -2.59. The third-order valence-electron chi connectivity index (χ3n) is 5.33. The standard InChI is InChI=1S/C22H24Cl2N6O2S/c1-2-20(30-9-3-4-10-30)33(31,32)19-7-5-15(6-8-19)14-25-21-27-22(29-28-21)26-18-12-16(23)11-17(24)13-18/h2,5-8,11-13,20H,1,3-4,9-10,14H2,(H3,25,26,27,28,29). The molecule has 1 unspecified atom stereocenters. The molecule has 8 nitrogen and oxygen atoms in total. The van der Waals surface area contributed by atoms with Crippen molar-refractivity contribution in [3.05, 3.63) is 70.7 Å². The predicted molar refractivity (Wildman–Crippen MR) is 132 cm³/mol. The Balaban J connectivity index is 1.37. The molecule has 2 aromatic carbocycles. The van der Waals surface area contributed by atoms with Crippen LogP contribution in [0, 0.1) is 0 Å². The van der Waals surface area contributed by atoms with Gasteiger partial charge in [-0.2, -0.15) is 4.98 Å². The summed E-state index contributed by atoms with van der Waals surface area (Å²) >= 11 is 12.0. The van der Waals surface area contributed by atoms with E-state index in [-0.39, 0.29) is 4.90 Å². The van der Waals surface area contributed by atoms with Gasteiger partial charge < -0.3 is 10.6 Å². The molecule has 3 N–H and O–H groups in total. The molecule has 0 spiro atoms. The number of likely N-dealkylation sites (tertiary alicyclic amines) is 1. The van der Waals surface area contributed by atoms with Crippen LogP contribution in [0.15, 0.2) is 60.0 Å². The van der Waals surface area contributed by atoms with Crippen molar-refractivity contribution >= 4 is 50.6 Å². The first-order valence-corrected chi connectivity index (χ1v) is 12.7. The number of hydrogen-bond donors (Lipinski definition) is 3. The number of H-pyrrole nitrogens is 1. The molecule has 1 atom stereocenters. The lowest BCUT2D eigenvalue weighted by Gasteiger charge is -2.24. The molecule has 0 saturated carbocycles. The van der Waals surface area contributed by atoms with Crippen LogP contribution in [0.5, 0.6) is 0 Å². The molecule has 1 aromatic heterocycles. The van der Waals surface area contributed by atoms with Crippen molar-refractivity contribution in [2.75, 3.05) is 23.7 Å². The first kappa shape index (κ1) is 23.6. The average molecular weight is 507 g/mol. The fourth-order valence-electron chi connectivity index (χ4n) is 3.75. The Kier molecular flexibility index (Phi) is 7.23. The van der Waals surface area contributed by atoms with E-state index in [2.05, 4.69) is 32.4 Å². The molecule has 0 bridgehead atoms. The van der Waals surface area contributed by atoms with Crippen LogP contribution in [0.2, 0.25) is 10.0 Å². The van der Waals surface area contributed by atoms with Gasteiger partial charge >= 0.3 is 0 Å². The fraction of sp³-hybridized carbons (Fsp3) is 0.273. The number of aromatic nitrogens is 3. The van der Waals surface area contributed by atoms with E-state index in [9.17, 15) is 8.42 Å². The molecule has 1 aliphatic rings. The van der Waals surface area contributed by atoms with E-state index in [1.54, 1.807) is 42.5 Å². The first-order valence-electron chi connectivity index (χ1n) is 10.4. The van der Waals surface area contributed by atoms with Gasteiger partial charge in [-0.15, -0.1) is 11.7 Å². The molecule has 0 radical (unpaired) electrons. The molecule has 1 aliphatic heterocycles. The van der Waals surface area contributed by atoms with Crippen LogP contribution < -0.4 is 10.6 Å². The van der Waals surface area contributed by atoms with Gasteiger partial charge in [0.1, 0.15) is 5.37 Å². The van der Waals surface area contributed by atoms with Gasteiger partial charge in [-0.25, -0.2) is 13.5 Å². The number of sulfone groups is 1. The molecule has 11 heteroatoms. The van der Waals surface area contributed by atoms with Crippen LogP contribution in [-0.2, 0) is 16.4 Å². The molecule has 2 heterocycles. The maximum Gasteiger partial charge on any atom is 0.243 e. The van der Waals surface area contributed by atoms with Gasteiger partial charge in [0.05, 0.1) is 4.90 Å². The lowest BCUT2D eigenvalue weighted by Crippen LogP contribution is -2.37. The molecule has 0 aliphatic carbocycles. The monoisotopic (exact) mass is 506 g/mol. The molecule has 3 aromatic rings. The zero-order valence-electron chi connectivity index (χ0n) is 17.8. The third kappa shape index (κ3) is 5.67. The number of benzene rings is 2. The molecule has 174 valence electrons. The highest BCUT2D eigenvalue weighted by Crippen LogP contribution is 2.25. The number of hydrogen-bond acceptors (Lipinski definition) is 7. The van der Waals surface area contributed by atoms with Crippen LogP contribution in [0.3, 0.4) is 0 Å². The average Bonchev–Trinajstić information content (AvgIpc) is 3.45. The maximum absolute atomic E-state index is 13.1. The molecule has 4 rings (SSSR count). The summed E-state index contributed by atoms with van der Waals surface area (Å²) in [6.45, 7) is 5.72. The number of aromatic amines is 1. The lowest BCUT2D eigenvalue weighted by atomic mass is 10.2. The molecule has 33 heavy (non-hydrogen) atoms. The van der Waals surface area contributed by atoms with Crippen molar-refractivity contribution in [1.82, 2.24) is 20.1 Å². The first-order chi connectivity index (χ1) is 15.8. The number of rotatable bonds is 9. The summed E-state index contributed by atoms with van der Waals surface area (Å²) in [7, 11) is -3.52. The van der Waals surface area contributed by atoms with Crippen molar-refractivity contribution in [3.8, 4) is 0 Å². The summed E-state index contributed by atoms with van der Waals surface area (Å²) in [6.07, 6.45) is 3.54. The lowest BCUT2D eigenvalue weighted by molar-refractivity contribution is 0.339. The third-order valence-corrected chi connectivity index (χ3v) is 7.83. The summed E-state index contributed by atoms with van der Waals surface area (Å²) in [5, 5.41) is 13.4. The Labute approximate surface area is 202 Å². The van der Waals surface area contributed by atoms with E-state index in [4.69, 9.17) is 23.2 Å². The van der Waals surface area contributed by atoms with Gasteiger partial charge in [-0.05, 0) is 61.8 Å². The Morgan fingerprint density at radius 2 is 1.79 bits per heavy atom. The molecular formula is C22H24Cl2N6O2S. The second-order valence-electron chi connectivity index (χ2n) is 7.70. The summed E-state index contributed by atoms with van der Waals surface area (Å²) in [5.74, 6) is 0.817. The van der Waals surface area contributed by atoms with E-state index in [1.165, 1.54) is 6.08 Å². The van der Waals surface area contributed by atoms with Crippen molar-refractivity contribution < 1.29 is 8.42 Å². The second kappa shape index (κ2) is 10.1. The number of halogens is 2. The van der Waals surface area contributed by atoms with Gasteiger partial charge in [-0.1, -0.05) is 41.4 Å².